The fourth-order valence-corrected chi connectivity index (χ4v) is 1.82. The number of carbonyl (C=O) groups excluding carboxylic acids is 1. The van der Waals surface area contributed by atoms with Crippen molar-refractivity contribution >= 4 is 5.91 Å². The molecule has 5 nitrogen and oxygen atoms in total. The molecule has 2 aromatic rings. The fourth-order valence-electron chi connectivity index (χ4n) is 1.82. The number of carbonyl (C=O) groups is 1. The van der Waals surface area contributed by atoms with Gasteiger partial charge in [-0.25, -0.2) is 4.98 Å². The first-order valence-corrected chi connectivity index (χ1v) is 5.92. The van der Waals surface area contributed by atoms with Crippen molar-refractivity contribution in [1.82, 2.24) is 15.3 Å². The lowest BCUT2D eigenvalue weighted by Gasteiger charge is -2.06. The number of pyridine rings is 2. The van der Waals surface area contributed by atoms with Crippen LogP contribution in [0.15, 0.2) is 30.5 Å². The average Bonchev–Trinajstić information content (AvgIpc) is 2.36. The van der Waals surface area contributed by atoms with Crippen LogP contribution in [0.25, 0.3) is 0 Å². The number of aryl methyl sites for hydroxylation is 2. The zero-order chi connectivity index (χ0) is 13.8. The molecule has 19 heavy (non-hydrogen) atoms. The van der Waals surface area contributed by atoms with Crippen LogP contribution >= 0.6 is 0 Å². The quantitative estimate of drug-likeness (QED) is 0.878. The van der Waals surface area contributed by atoms with Gasteiger partial charge < -0.3 is 10.4 Å². The summed E-state index contributed by atoms with van der Waals surface area (Å²) in [4.78, 5) is 20.0. The summed E-state index contributed by atoms with van der Waals surface area (Å²) in [5.41, 5.74) is 3.12. The van der Waals surface area contributed by atoms with Crippen LogP contribution < -0.4 is 5.32 Å². The van der Waals surface area contributed by atoms with Gasteiger partial charge in [-0.05, 0) is 43.7 Å². The van der Waals surface area contributed by atoms with E-state index in [1.807, 2.05) is 26.0 Å². The molecular weight excluding hydrogens is 242 g/mol. The van der Waals surface area contributed by atoms with Crippen molar-refractivity contribution in [3.05, 3.63) is 53.1 Å². The van der Waals surface area contributed by atoms with E-state index in [0.717, 1.165) is 17.0 Å². The Labute approximate surface area is 111 Å². The van der Waals surface area contributed by atoms with Gasteiger partial charge >= 0.3 is 0 Å². The maximum Gasteiger partial charge on any atom is 0.270 e. The van der Waals surface area contributed by atoms with Gasteiger partial charge in [-0.2, -0.15) is 0 Å². The zero-order valence-corrected chi connectivity index (χ0v) is 10.8. The molecule has 0 aliphatic rings. The summed E-state index contributed by atoms with van der Waals surface area (Å²) in [7, 11) is 0. The van der Waals surface area contributed by atoms with Gasteiger partial charge in [0.05, 0.1) is 6.20 Å². The van der Waals surface area contributed by atoms with Gasteiger partial charge in [0.15, 0.2) is 0 Å². The van der Waals surface area contributed by atoms with E-state index < -0.39 is 0 Å². The van der Waals surface area contributed by atoms with E-state index in [9.17, 15) is 4.79 Å². The molecule has 0 fully saturated rings. The molecule has 0 radical (unpaired) electrons. The summed E-state index contributed by atoms with van der Waals surface area (Å²) in [5, 5.41) is 11.9. The van der Waals surface area contributed by atoms with Gasteiger partial charge in [-0.3, -0.25) is 9.78 Å². The molecular formula is C14H15N3O2. The fraction of sp³-hybridized carbons (Fsp3) is 0.214. The van der Waals surface area contributed by atoms with Crippen LogP contribution in [0.4, 0.5) is 0 Å². The number of rotatable bonds is 3. The van der Waals surface area contributed by atoms with Crippen LogP contribution in [0.1, 0.15) is 27.4 Å². The second-order valence-corrected chi connectivity index (χ2v) is 4.34. The number of amides is 1. The average molecular weight is 257 g/mol. The lowest BCUT2D eigenvalue weighted by Crippen LogP contribution is -2.23. The Morgan fingerprint density at radius 2 is 1.95 bits per heavy atom. The predicted octanol–water partition coefficient (Wildman–Crippen LogP) is 1.73. The van der Waals surface area contributed by atoms with E-state index in [-0.39, 0.29) is 17.4 Å². The van der Waals surface area contributed by atoms with Crippen molar-refractivity contribution in [2.75, 3.05) is 0 Å². The predicted molar refractivity (Wildman–Crippen MR) is 70.8 cm³/mol. The Bertz CT molecular complexity index is 574. The molecule has 2 rings (SSSR count). The topological polar surface area (TPSA) is 75.1 Å². The van der Waals surface area contributed by atoms with Gasteiger partial charge in [0.1, 0.15) is 11.4 Å². The van der Waals surface area contributed by atoms with Crippen LogP contribution in [0.5, 0.6) is 5.75 Å². The van der Waals surface area contributed by atoms with Gasteiger partial charge in [-0.1, -0.05) is 0 Å². The van der Waals surface area contributed by atoms with Crippen molar-refractivity contribution < 1.29 is 9.90 Å². The highest BCUT2D eigenvalue weighted by Gasteiger charge is 2.07. The largest absolute Gasteiger partial charge is 0.506 e. The first kappa shape index (κ1) is 13.0. The molecule has 0 saturated heterocycles. The van der Waals surface area contributed by atoms with Gasteiger partial charge in [0, 0.05) is 17.9 Å². The molecule has 0 atom stereocenters. The summed E-state index contributed by atoms with van der Waals surface area (Å²) < 4.78 is 0. The first-order chi connectivity index (χ1) is 9.04. The second kappa shape index (κ2) is 5.48. The van der Waals surface area contributed by atoms with Crippen LogP contribution in [-0.4, -0.2) is 21.0 Å². The van der Waals surface area contributed by atoms with Crippen LogP contribution in [0.3, 0.4) is 0 Å². The third-order valence-corrected chi connectivity index (χ3v) is 2.57. The third kappa shape index (κ3) is 3.51. The van der Waals surface area contributed by atoms with Gasteiger partial charge in [0.2, 0.25) is 0 Å². The summed E-state index contributed by atoms with van der Waals surface area (Å²) in [6.07, 6.45) is 1.25. The molecule has 0 aliphatic heterocycles. The maximum absolute atomic E-state index is 11.8. The summed E-state index contributed by atoms with van der Waals surface area (Å²) >= 11 is 0. The summed E-state index contributed by atoms with van der Waals surface area (Å²) in [6.45, 7) is 4.26. The van der Waals surface area contributed by atoms with E-state index in [1.54, 1.807) is 0 Å². The minimum Gasteiger partial charge on any atom is -0.506 e. The molecule has 0 aromatic carbocycles. The minimum atomic E-state index is -0.271. The highest BCUT2D eigenvalue weighted by Crippen LogP contribution is 2.07. The van der Waals surface area contributed by atoms with E-state index >= 15 is 0 Å². The van der Waals surface area contributed by atoms with Gasteiger partial charge in [-0.15, -0.1) is 0 Å². The van der Waals surface area contributed by atoms with Crippen LogP contribution in [0.2, 0.25) is 0 Å². The number of nitrogens with one attached hydrogen (secondary N) is 1. The molecule has 1 amide bonds. The lowest BCUT2D eigenvalue weighted by molar-refractivity contribution is 0.0946. The van der Waals surface area contributed by atoms with Crippen molar-refractivity contribution in [3.8, 4) is 5.75 Å². The maximum atomic E-state index is 11.8. The SMILES string of the molecule is Cc1cc(CNC(=O)c2ccc(O)cn2)cc(C)n1. The second-order valence-electron chi connectivity index (χ2n) is 4.34. The molecule has 0 bridgehead atoms. The number of aromatic hydroxyl groups is 1. The smallest absolute Gasteiger partial charge is 0.270 e. The van der Waals surface area contributed by atoms with E-state index in [2.05, 4.69) is 15.3 Å². The normalized spacial score (nSPS) is 10.2. The lowest BCUT2D eigenvalue weighted by atomic mass is 10.2. The summed E-state index contributed by atoms with van der Waals surface area (Å²) in [5.74, 6) is -0.232. The molecule has 0 spiro atoms. The zero-order valence-electron chi connectivity index (χ0n) is 10.8. The van der Waals surface area contributed by atoms with E-state index in [4.69, 9.17) is 5.11 Å². The Hall–Kier alpha value is -2.43. The Balaban J connectivity index is 2.02. The summed E-state index contributed by atoms with van der Waals surface area (Å²) in [6, 6.07) is 6.77. The molecule has 2 heterocycles. The van der Waals surface area contributed by atoms with Crippen molar-refractivity contribution in [2.24, 2.45) is 0 Å². The Kier molecular flexibility index (Phi) is 3.75. The third-order valence-electron chi connectivity index (χ3n) is 2.57. The van der Waals surface area contributed by atoms with E-state index in [1.165, 1.54) is 18.3 Å². The Morgan fingerprint density at radius 1 is 1.26 bits per heavy atom. The van der Waals surface area contributed by atoms with Crippen LogP contribution in [0, 0.1) is 13.8 Å². The van der Waals surface area contributed by atoms with E-state index in [0.29, 0.717) is 6.54 Å². The molecule has 98 valence electrons. The number of aromatic nitrogens is 2. The minimum absolute atomic E-state index is 0.0388. The Morgan fingerprint density at radius 3 is 2.53 bits per heavy atom. The highest BCUT2D eigenvalue weighted by molar-refractivity contribution is 5.92. The molecule has 5 heteroatoms. The molecule has 0 saturated carbocycles. The number of hydrogen-bond donors (Lipinski definition) is 2. The van der Waals surface area contributed by atoms with Crippen molar-refractivity contribution in [2.45, 2.75) is 20.4 Å². The standard InChI is InChI=1S/C14H15N3O2/c1-9-5-11(6-10(2)17-9)7-16-14(19)13-4-3-12(18)8-15-13/h3-6,8,18H,7H2,1-2H3,(H,16,19). The number of nitrogens with zero attached hydrogens (tertiary/aromatic N) is 2. The molecule has 0 unspecified atom stereocenters. The number of hydrogen-bond acceptors (Lipinski definition) is 4. The van der Waals surface area contributed by atoms with Crippen molar-refractivity contribution in [1.29, 1.82) is 0 Å². The molecule has 2 aromatic heterocycles. The molecule has 0 aliphatic carbocycles. The van der Waals surface area contributed by atoms with Gasteiger partial charge in [0.25, 0.3) is 5.91 Å². The van der Waals surface area contributed by atoms with Crippen LogP contribution in [-0.2, 0) is 6.54 Å². The first-order valence-electron chi connectivity index (χ1n) is 5.92. The monoisotopic (exact) mass is 257 g/mol. The highest BCUT2D eigenvalue weighted by atomic mass is 16.3. The van der Waals surface area contributed by atoms with Crippen molar-refractivity contribution in [3.63, 3.8) is 0 Å². The molecule has 2 N–H and O–H groups in total.